The number of H-pyrrole nitrogens is 1. The Balaban J connectivity index is 1.57. The Kier molecular flexibility index (Phi) is 4.73. The molecule has 1 aromatic heterocycles. The van der Waals surface area contributed by atoms with Gasteiger partial charge in [0.2, 0.25) is 5.91 Å². The Hall–Kier alpha value is -1.40. The van der Waals surface area contributed by atoms with Gasteiger partial charge in [-0.1, -0.05) is 13.8 Å². The van der Waals surface area contributed by atoms with Crippen LogP contribution in [0.5, 0.6) is 0 Å². The molecule has 2 N–H and O–H groups in total. The molecule has 6 heteroatoms. The highest BCUT2D eigenvalue weighted by Crippen LogP contribution is 2.39. The van der Waals surface area contributed by atoms with Crippen LogP contribution < -0.4 is 0 Å². The highest BCUT2D eigenvalue weighted by Gasteiger charge is 2.44. The molecule has 0 saturated carbocycles. The van der Waals surface area contributed by atoms with E-state index in [9.17, 15) is 9.90 Å². The summed E-state index contributed by atoms with van der Waals surface area (Å²) >= 11 is 0. The van der Waals surface area contributed by atoms with Crippen molar-refractivity contribution in [2.75, 3.05) is 13.1 Å². The lowest BCUT2D eigenvalue weighted by Gasteiger charge is -2.48. The third-order valence-corrected chi connectivity index (χ3v) is 5.18. The van der Waals surface area contributed by atoms with Gasteiger partial charge in [-0.05, 0) is 31.2 Å². The number of ether oxygens (including phenoxy) is 1. The number of aromatic amines is 1. The topological polar surface area (TPSA) is 78.5 Å². The summed E-state index contributed by atoms with van der Waals surface area (Å²) < 4.78 is 6.37. The largest absolute Gasteiger partial charge is 0.393 e. The van der Waals surface area contributed by atoms with Gasteiger partial charge in [0.1, 0.15) is 0 Å². The number of hydrogen-bond acceptors (Lipinski definition) is 4. The Bertz CT molecular complexity index is 521. The molecule has 3 rings (SSSR count). The Labute approximate surface area is 137 Å². The first kappa shape index (κ1) is 16.5. The lowest BCUT2D eigenvalue weighted by atomic mass is 9.80. The van der Waals surface area contributed by atoms with Crippen LogP contribution in [-0.4, -0.2) is 57.0 Å². The predicted octanol–water partition coefficient (Wildman–Crippen LogP) is 1.51. The minimum atomic E-state index is -0.289. The quantitative estimate of drug-likeness (QED) is 0.884. The first-order valence-electron chi connectivity index (χ1n) is 8.59. The van der Waals surface area contributed by atoms with E-state index in [1.54, 1.807) is 6.20 Å². The maximum Gasteiger partial charge on any atom is 0.228 e. The van der Waals surface area contributed by atoms with Crippen molar-refractivity contribution in [1.29, 1.82) is 0 Å². The normalized spacial score (nSPS) is 27.6. The van der Waals surface area contributed by atoms with E-state index in [0.717, 1.165) is 25.0 Å². The van der Waals surface area contributed by atoms with E-state index < -0.39 is 0 Å². The van der Waals surface area contributed by atoms with Crippen molar-refractivity contribution in [2.45, 2.75) is 63.8 Å². The van der Waals surface area contributed by atoms with Gasteiger partial charge in [-0.3, -0.25) is 9.89 Å². The smallest absolute Gasteiger partial charge is 0.228 e. The third-order valence-electron chi connectivity index (χ3n) is 5.18. The molecule has 2 aliphatic rings. The van der Waals surface area contributed by atoms with Crippen LogP contribution >= 0.6 is 0 Å². The number of likely N-dealkylation sites (tertiary alicyclic amines) is 1. The van der Waals surface area contributed by atoms with Crippen molar-refractivity contribution < 1.29 is 14.6 Å². The molecule has 2 fully saturated rings. The number of amides is 1. The van der Waals surface area contributed by atoms with Gasteiger partial charge in [0, 0.05) is 31.4 Å². The van der Waals surface area contributed by atoms with E-state index in [1.165, 1.54) is 0 Å². The summed E-state index contributed by atoms with van der Waals surface area (Å²) in [6.07, 6.45) is 4.89. The second-order valence-corrected chi connectivity index (χ2v) is 7.32. The standard InChI is InChI=1S/C17H27N3O3/c1-12(2)15-10-14(21)11-17(23-15)4-7-20(8-5-17)16(22)9-13-3-6-18-19-13/h3,6,12,14-15,21H,4-5,7-11H2,1-2H3,(H,18,19)/t14-,15-/m1/s1. The van der Waals surface area contributed by atoms with Crippen LogP contribution in [0.4, 0.5) is 0 Å². The number of aromatic nitrogens is 2. The monoisotopic (exact) mass is 321 g/mol. The second kappa shape index (κ2) is 6.61. The molecule has 0 aliphatic carbocycles. The van der Waals surface area contributed by atoms with Crippen molar-refractivity contribution in [2.24, 2.45) is 5.92 Å². The van der Waals surface area contributed by atoms with Crippen molar-refractivity contribution in [3.63, 3.8) is 0 Å². The van der Waals surface area contributed by atoms with Crippen LogP contribution in [0.3, 0.4) is 0 Å². The molecular formula is C17H27N3O3. The second-order valence-electron chi connectivity index (χ2n) is 7.32. The molecule has 23 heavy (non-hydrogen) atoms. The SMILES string of the molecule is CC(C)[C@H]1C[C@@H](O)CC2(CCN(C(=O)Cc3ccn[nH]3)CC2)O1. The first-order valence-corrected chi connectivity index (χ1v) is 8.59. The van der Waals surface area contributed by atoms with Gasteiger partial charge < -0.3 is 14.7 Å². The summed E-state index contributed by atoms with van der Waals surface area (Å²) in [6.45, 7) is 5.67. The highest BCUT2D eigenvalue weighted by molar-refractivity contribution is 5.78. The molecule has 2 aliphatic heterocycles. The van der Waals surface area contributed by atoms with Gasteiger partial charge in [-0.2, -0.15) is 5.10 Å². The van der Waals surface area contributed by atoms with E-state index in [-0.39, 0.29) is 23.7 Å². The van der Waals surface area contributed by atoms with Crippen LogP contribution in [0.15, 0.2) is 12.3 Å². The number of aliphatic hydroxyl groups excluding tert-OH is 1. The van der Waals surface area contributed by atoms with Crippen molar-refractivity contribution in [1.82, 2.24) is 15.1 Å². The number of rotatable bonds is 3. The van der Waals surface area contributed by atoms with Gasteiger partial charge in [0.25, 0.3) is 0 Å². The molecule has 3 heterocycles. The fraction of sp³-hybridized carbons (Fsp3) is 0.765. The molecule has 1 amide bonds. The molecule has 2 saturated heterocycles. The van der Waals surface area contributed by atoms with Gasteiger partial charge in [-0.25, -0.2) is 0 Å². The van der Waals surface area contributed by atoms with E-state index in [4.69, 9.17) is 4.74 Å². The van der Waals surface area contributed by atoms with E-state index in [2.05, 4.69) is 24.0 Å². The van der Waals surface area contributed by atoms with E-state index in [1.807, 2.05) is 11.0 Å². The van der Waals surface area contributed by atoms with Crippen LogP contribution in [0.25, 0.3) is 0 Å². The zero-order valence-corrected chi connectivity index (χ0v) is 14.0. The average molecular weight is 321 g/mol. The third kappa shape index (κ3) is 3.75. The van der Waals surface area contributed by atoms with Crippen LogP contribution in [-0.2, 0) is 16.0 Å². The summed E-state index contributed by atoms with van der Waals surface area (Å²) in [5.74, 6) is 0.530. The summed E-state index contributed by atoms with van der Waals surface area (Å²) in [5, 5.41) is 16.9. The molecule has 2 atom stereocenters. The van der Waals surface area contributed by atoms with Gasteiger partial charge >= 0.3 is 0 Å². The maximum atomic E-state index is 12.4. The molecule has 0 bridgehead atoms. The fourth-order valence-corrected chi connectivity index (χ4v) is 3.75. The van der Waals surface area contributed by atoms with Crippen molar-refractivity contribution in [3.05, 3.63) is 18.0 Å². The van der Waals surface area contributed by atoms with Crippen LogP contribution in [0.1, 0.15) is 45.2 Å². The Morgan fingerprint density at radius 3 is 2.87 bits per heavy atom. The summed E-state index contributed by atoms with van der Waals surface area (Å²) in [6, 6.07) is 1.83. The minimum Gasteiger partial charge on any atom is -0.393 e. The van der Waals surface area contributed by atoms with E-state index >= 15 is 0 Å². The fourth-order valence-electron chi connectivity index (χ4n) is 3.75. The molecule has 1 spiro atoms. The molecule has 6 nitrogen and oxygen atoms in total. The number of carbonyl (C=O) groups excluding carboxylic acids is 1. The maximum absolute atomic E-state index is 12.4. The number of nitrogens with one attached hydrogen (secondary N) is 1. The number of nitrogens with zero attached hydrogens (tertiary/aromatic N) is 2. The van der Waals surface area contributed by atoms with Gasteiger partial charge in [-0.15, -0.1) is 0 Å². The van der Waals surface area contributed by atoms with Gasteiger partial charge in [0.05, 0.1) is 24.2 Å². The van der Waals surface area contributed by atoms with E-state index in [0.29, 0.717) is 31.8 Å². The van der Waals surface area contributed by atoms with Gasteiger partial charge in [0.15, 0.2) is 0 Å². The average Bonchev–Trinajstić information content (AvgIpc) is 3.00. The number of aliphatic hydroxyl groups is 1. The van der Waals surface area contributed by atoms with Crippen LogP contribution in [0, 0.1) is 5.92 Å². The van der Waals surface area contributed by atoms with Crippen LogP contribution in [0.2, 0.25) is 0 Å². The lowest BCUT2D eigenvalue weighted by molar-refractivity contribution is -0.193. The predicted molar refractivity (Wildman–Crippen MR) is 85.8 cm³/mol. The molecular weight excluding hydrogens is 294 g/mol. The van der Waals surface area contributed by atoms with Crippen molar-refractivity contribution in [3.8, 4) is 0 Å². The zero-order valence-electron chi connectivity index (χ0n) is 14.0. The molecule has 0 radical (unpaired) electrons. The lowest BCUT2D eigenvalue weighted by Crippen LogP contribution is -2.54. The molecule has 1 aromatic rings. The molecule has 128 valence electrons. The molecule has 0 unspecified atom stereocenters. The van der Waals surface area contributed by atoms with Crippen molar-refractivity contribution >= 4 is 5.91 Å². The summed E-state index contributed by atoms with van der Waals surface area (Å²) in [4.78, 5) is 14.3. The minimum absolute atomic E-state index is 0.117. The Morgan fingerprint density at radius 2 is 2.26 bits per heavy atom. The number of piperidine rings is 1. The first-order chi connectivity index (χ1) is 11.0. The highest BCUT2D eigenvalue weighted by atomic mass is 16.5. The zero-order chi connectivity index (χ0) is 16.4. The number of carbonyl (C=O) groups is 1. The molecule has 0 aromatic carbocycles. The summed E-state index contributed by atoms with van der Waals surface area (Å²) in [5.41, 5.74) is 0.594. The number of hydrogen-bond donors (Lipinski definition) is 2. The summed E-state index contributed by atoms with van der Waals surface area (Å²) in [7, 11) is 0. The Morgan fingerprint density at radius 1 is 1.52 bits per heavy atom.